The fraction of sp³-hybridized carbons (Fsp3) is 0.143. The molecule has 92 valence electrons. The lowest BCUT2D eigenvalue weighted by Gasteiger charge is -2.10. The molecule has 0 bridgehead atoms. The number of aryl methyl sites for hydroxylation is 1. The van der Waals surface area contributed by atoms with Crippen LogP contribution in [0.25, 0.3) is 10.8 Å². The van der Waals surface area contributed by atoms with E-state index in [1.165, 1.54) is 12.1 Å². The summed E-state index contributed by atoms with van der Waals surface area (Å²) >= 11 is 0. The highest BCUT2D eigenvalue weighted by molar-refractivity contribution is 6.07. The first-order valence-electron chi connectivity index (χ1n) is 5.42. The third-order valence-corrected chi connectivity index (χ3v) is 3.12. The lowest BCUT2D eigenvalue weighted by atomic mass is 9.94. The second-order valence-corrected chi connectivity index (χ2v) is 4.24. The number of carboxylic acid groups (broad SMARTS) is 2. The molecule has 0 aliphatic heterocycles. The molecule has 0 heterocycles. The first-order chi connectivity index (χ1) is 8.41. The number of carbonyl (C=O) groups is 2. The van der Waals surface area contributed by atoms with Gasteiger partial charge in [0.1, 0.15) is 0 Å². The van der Waals surface area contributed by atoms with Gasteiger partial charge >= 0.3 is 11.9 Å². The average Bonchev–Trinajstić information content (AvgIpc) is 2.29. The van der Waals surface area contributed by atoms with Crippen molar-refractivity contribution >= 4 is 22.7 Å². The Labute approximate surface area is 103 Å². The molecule has 0 spiro atoms. The Balaban J connectivity index is 2.87. The van der Waals surface area contributed by atoms with E-state index in [0.29, 0.717) is 16.3 Å². The number of hydrogen-bond acceptors (Lipinski definition) is 2. The lowest BCUT2D eigenvalue weighted by Crippen LogP contribution is -2.04. The van der Waals surface area contributed by atoms with Gasteiger partial charge in [-0.3, -0.25) is 0 Å². The van der Waals surface area contributed by atoms with Gasteiger partial charge in [0.2, 0.25) is 0 Å². The molecule has 0 radical (unpaired) electrons. The normalized spacial score (nSPS) is 10.6. The van der Waals surface area contributed by atoms with Crippen LogP contribution in [0.5, 0.6) is 0 Å². The minimum absolute atomic E-state index is 0.155. The molecule has 0 saturated carbocycles. The van der Waals surface area contributed by atoms with Crippen molar-refractivity contribution < 1.29 is 19.8 Å². The Morgan fingerprint density at radius 1 is 1.00 bits per heavy atom. The molecule has 0 aromatic heterocycles. The molecule has 4 nitrogen and oxygen atoms in total. The summed E-state index contributed by atoms with van der Waals surface area (Å²) in [4.78, 5) is 22.2. The molecule has 2 aromatic rings. The van der Waals surface area contributed by atoms with Gasteiger partial charge in [-0.1, -0.05) is 12.1 Å². The van der Waals surface area contributed by atoms with Gasteiger partial charge in [0.25, 0.3) is 0 Å². The maximum absolute atomic E-state index is 11.3. The fourth-order valence-corrected chi connectivity index (χ4v) is 2.06. The minimum atomic E-state index is -1.02. The van der Waals surface area contributed by atoms with Crippen LogP contribution in [0.15, 0.2) is 24.3 Å². The van der Waals surface area contributed by atoms with Crippen LogP contribution in [-0.4, -0.2) is 22.2 Å². The standard InChI is InChI=1S/C14H12O4/c1-7-5-10-6-9(13(15)16)3-4-11(10)12(8(7)2)14(17)18/h3-6H,1-2H3,(H,15,16)(H,17,18). The Bertz CT molecular complexity index is 671. The summed E-state index contributed by atoms with van der Waals surface area (Å²) in [6, 6.07) is 6.28. The van der Waals surface area contributed by atoms with Crippen molar-refractivity contribution in [1.82, 2.24) is 0 Å². The number of carboxylic acids is 2. The van der Waals surface area contributed by atoms with Crippen LogP contribution < -0.4 is 0 Å². The molecular formula is C14H12O4. The second kappa shape index (κ2) is 4.14. The molecular weight excluding hydrogens is 232 g/mol. The molecule has 2 aromatic carbocycles. The zero-order valence-electron chi connectivity index (χ0n) is 10.0. The number of rotatable bonds is 2. The molecule has 0 fully saturated rings. The topological polar surface area (TPSA) is 74.6 Å². The summed E-state index contributed by atoms with van der Waals surface area (Å²) < 4.78 is 0. The van der Waals surface area contributed by atoms with Gasteiger partial charge in [0, 0.05) is 0 Å². The molecule has 0 amide bonds. The Hall–Kier alpha value is -2.36. The molecule has 18 heavy (non-hydrogen) atoms. The van der Waals surface area contributed by atoms with Gasteiger partial charge in [-0.2, -0.15) is 0 Å². The van der Waals surface area contributed by atoms with Crippen LogP contribution in [0.2, 0.25) is 0 Å². The number of hydrogen-bond donors (Lipinski definition) is 2. The number of aromatic carboxylic acids is 2. The van der Waals surface area contributed by atoms with E-state index in [9.17, 15) is 14.7 Å². The van der Waals surface area contributed by atoms with E-state index >= 15 is 0 Å². The quantitative estimate of drug-likeness (QED) is 0.851. The summed E-state index contributed by atoms with van der Waals surface area (Å²) in [6.07, 6.45) is 0. The van der Waals surface area contributed by atoms with Crippen LogP contribution >= 0.6 is 0 Å². The van der Waals surface area contributed by atoms with Crippen LogP contribution in [-0.2, 0) is 0 Å². The van der Waals surface area contributed by atoms with Gasteiger partial charge in [-0.05, 0) is 47.9 Å². The van der Waals surface area contributed by atoms with Crippen LogP contribution in [0.3, 0.4) is 0 Å². The van der Waals surface area contributed by atoms with Gasteiger partial charge in [-0.25, -0.2) is 9.59 Å². The molecule has 0 unspecified atom stereocenters. The zero-order valence-corrected chi connectivity index (χ0v) is 10.0. The van der Waals surface area contributed by atoms with E-state index < -0.39 is 11.9 Å². The molecule has 2 N–H and O–H groups in total. The van der Waals surface area contributed by atoms with Gasteiger partial charge in [-0.15, -0.1) is 0 Å². The Morgan fingerprint density at radius 3 is 2.22 bits per heavy atom. The van der Waals surface area contributed by atoms with Crippen LogP contribution in [0.4, 0.5) is 0 Å². The highest BCUT2D eigenvalue weighted by Crippen LogP contribution is 2.26. The maximum Gasteiger partial charge on any atom is 0.336 e. The smallest absolute Gasteiger partial charge is 0.336 e. The van der Waals surface area contributed by atoms with Crippen LogP contribution in [0, 0.1) is 13.8 Å². The molecule has 0 aliphatic carbocycles. The van der Waals surface area contributed by atoms with E-state index in [2.05, 4.69) is 0 Å². The highest BCUT2D eigenvalue weighted by Gasteiger charge is 2.15. The van der Waals surface area contributed by atoms with Crippen molar-refractivity contribution in [3.05, 3.63) is 46.5 Å². The third-order valence-electron chi connectivity index (χ3n) is 3.12. The van der Waals surface area contributed by atoms with E-state index in [-0.39, 0.29) is 11.1 Å². The van der Waals surface area contributed by atoms with Crippen molar-refractivity contribution in [2.24, 2.45) is 0 Å². The maximum atomic E-state index is 11.3. The van der Waals surface area contributed by atoms with E-state index in [0.717, 1.165) is 5.56 Å². The van der Waals surface area contributed by atoms with Crippen molar-refractivity contribution in [2.75, 3.05) is 0 Å². The van der Waals surface area contributed by atoms with Crippen molar-refractivity contribution in [2.45, 2.75) is 13.8 Å². The largest absolute Gasteiger partial charge is 0.478 e. The summed E-state index contributed by atoms with van der Waals surface area (Å²) in [7, 11) is 0. The minimum Gasteiger partial charge on any atom is -0.478 e. The third kappa shape index (κ3) is 1.82. The highest BCUT2D eigenvalue weighted by atomic mass is 16.4. The average molecular weight is 244 g/mol. The lowest BCUT2D eigenvalue weighted by molar-refractivity contribution is 0.0687. The zero-order chi connectivity index (χ0) is 13.4. The summed E-state index contributed by atoms with van der Waals surface area (Å²) in [5, 5.41) is 19.4. The fourth-order valence-electron chi connectivity index (χ4n) is 2.06. The first kappa shape index (κ1) is 12.1. The Kier molecular flexibility index (Phi) is 2.79. The summed E-state index contributed by atoms with van der Waals surface area (Å²) in [6.45, 7) is 3.57. The number of benzene rings is 2. The molecule has 4 heteroatoms. The second-order valence-electron chi connectivity index (χ2n) is 4.24. The molecule has 0 saturated heterocycles. The summed E-state index contributed by atoms with van der Waals surface area (Å²) in [5.41, 5.74) is 1.93. The van der Waals surface area contributed by atoms with Crippen molar-refractivity contribution in [3.8, 4) is 0 Å². The van der Waals surface area contributed by atoms with E-state index in [1.54, 1.807) is 13.0 Å². The predicted octanol–water partition coefficient (Wildman–Crippen LogP) is 2.85. The predicted molar refractivity (Wildman–Crippen MR) is 67.3 cm³/mol. The molecule has 0 atom stereocenters. The molecule has 2 rings (SSSR count). The van der Waals surface area contributed by atoms with Crippen LogP contribution in [0.1, 0.15) is 31.8 Å². The monoisotopic (exact) mass is 244 g/mol. The van der Waals surface area contributed by atoms with Crippen molar-refractivity contribution in [1.29, 1.82) is 0 Å². The van der Waals surface area contributed by atoms with Crippen molar-refractivity contribution in [3.63, 3.8) is 0 Å². The summed E-state index contributed by atoms with van der Waals surface area (Å²) in [5.74, 6) is -2.02. The van der Waals surface area contributed by atoms with E-state index in [4.69, 9.17) is 5.11 Å². The first-order valence-corrected chi connectivity index (χ1v) is 5.42. The SMILES string of the molecule is Cc1cc2cc(C(=O)O)ccc2c(C(=O)O)c1C. The Morgan fingerprint density at radius 2 is 1.67 bits per heavy atom. The molecule has 0 aliphatic rings. The number of fused-ring (bicyclic) bond motifs is 1. The van der Waals surface area contributed by atoms with Gasteiger partial charge in [0.05, 0.1) is 11.1 Å². The van der Waals surface area contributed by atoms with Gasteiger partial charge < -0.3 is 10.2 Å². The van der Waals surface area contributed by atoms with Gasteiger partial charge in [0.15, 0.2) is 0 Å². The van der Waals surface area contributed by atoms with E-state index in [1.807, 2.05) is 13.0 Å².